The number of piperazine rings is 1. The van der Waals surface area contributed by atoms with Gasteiger partial charge in [0.25, 0.3) is 0 Å². The second kappa shape index (κ2) is 6.19. The van der Waals surface area contributed by atoms with Crippen molar-refractivity contribution in [3.63, 3.8) is 0 Å². The molecule has 1 aliphatic heterocycles. The monoisotopic (exact) mass is 323 g/mol. The number of rotatable bonds is 2. The molecule has 4 heteroatoms. The average Bonchev–Trinajstić information content (AvgIpc) is 2.63. The largest absolute Gasteiger partial charge is 0.368 e. The van der Waals surface area contributed by atoms with Gasteiger partial charge in [0.05, 0.1) is 16.2 Å². The molecule has 1 aromatic heterocycles. The molecule has 3 aromatic rings. The molecule has 116 valence electrons. The molecule has 0 atom stereocenters. The number of nitrogens with zero attached hydrogens (tertiary/aromatic N) is 2. The number of aromatic nitrogens is 1. The van der Waals surface area contributed by atoms with Gasteiger partial charge in [-0.15, -0.1) is 0 Å². The summed E-state index contributed by atoms with van der Waals surface area (Å²) in [6.45, 7) is 4.01. The third-order valence-corrected chi connectivity index (χ3v) is 4.60. The second-order valence-electron chi connectivity index (χ2n) is 5.77. The molecular formula is C19H18ClN3. The van der Waals surface area contributed by atoms with Crippen molar-refractivity contribution >= 4 is 28.2 Å². The van der Waals surface area contributed by atoms with Crippen LogP contribution < -0.4 is 10.2 Å². The zero-order valence-corrected chi connectivity index (χ0v) is 13.6. The molecule has 4 rings (SSSR count). The van der Waals surface area contributed by atoms with Gasteiger partial charge in [0.2, 0.25) is 0 Å². The Hall–Kier alpha value is -2.10. The van der Waals surface area contributed by atoms with Crippen molar-refractivity contribution in [2.75, 3.05) is 31.1 Å². The van der Waals surface area contributed by atoms with Crippen LogP contribution in [-0.2, 0) is 0 Å². The molecule has 0 spiro atoms. The van der Waals surface area contributed by atoms with E-state index in [0.29, 0.717) is 5.02 Å². The Morgan fingerprint density at radius 1 is 0.957 bits per heavy atom. The van der Waals surface area contributed by atoms with Crippen LogP contribution in [0.15, 0.2) is 54.6 Å². The fourth-order valence-corrected chi connectivity index (χ4v) is 3.34. The maximum Gasteiger partial charge on any atom is 0.0916 e. The quantitative estimate of drug-likeness (QED) is 0.773. The van der Waals surface area contributed by atoms with Crippen LogP contribution >= 0.6 is 11.6 Å². The predicted octanol–water partition coefficient (Wildman–Crippen LogP) is 3.96. The van der Waals surface area contributed by atoms with Crippen molar-refractivity contribution in [3.8, 4) is 11.3 Å². The average molecular weight is 324 g/mol. The molecule has 0 bridgehead atoms. The third-order valence-electron chi connectivity index (χ3n) is 4.30. The molecule has 1 saturated heterocycles. The van der Waals surface area contributed by atoms with E-state index < -0.39 is 0 Å². The molecule has 1 fully saturated rings. The molecule has 0 unspecified atom stereocenters. The highest BCUT2D eigenvalue weighted by molar-refractivity contribution is 6.35. The molecule has 1 N–H and O–H groups in total. The predicted molar refractivity (Wildman–Crippen MR) is 97.3 cm³/mol. The molecule has 0 amide bonds. The molecule has 0 saturated carbocycles. The van der Waals surface area contributed by atoms with Crippen LogP contribution in [-0.4, -0.2) is 31.2 Å². The number of halogens is 1. The van der Waals surface area contributed by atoms with Gasteiger partial charge in [-0.05, 0) is 12.1 Å². The minimum absolute atomic E-state index is 0.705. The SMILES string of the molecule is Clc1cccc2c(N3CCNCC3)cc(-c3ccccc3)nc12. The number of pyridine rings is 1. The Labute approximate surface area is 140 Å². The number of nitrogens with one attached hydrogen (secondary N) is 1. The smallest absolute Gasteiger partial charge is 0.0916 e. The lowest BCUT2D eigenvalue weighted by Crippen LogP contribution is -2.43. The van der Waals surface area contributed by atoms with E-state index in [-0.39, 0.29) is 0 Å². The summed E-state index contributed by atoms with van der Waals surface area (Å²) < 4.78 is 0. The maximum absolute atomic E-state index is 6.43. The highest BCUT2D eigenvalue weighted by atomic mass is 35.5. The van der Waals surface area contributed by atoms with Crippen molar-refractivity contribution in [2.24, 2.45) is 0 Å². The Morgan fingerprint density at radius 3 is 2.52 bits per heavy atom. The summed E-state index contributed by atoms with van der Waals surface area (Å²) in [6.07, 6.45) is 0. The Morgan fingerprint density at radius 2 is 1.74 bits per heavy atom. The first-order chi connectivity index (χ1) is 11.3. The fraction of sp³-hybridized carbons (Fsp3) is 0.211. The first-order valence-corrected chi connectivity index (χ1v) is 8.31. The molecular weight excluding hydrogens is 306 g/mol. The Balaban J connectivity index is 1.93. The molecule has 0 aliphatic carbocycles. The van der Waals surface area contributed by atoms with Crippen LogP contribution in [0.3, 0.4) is 0 Å². The number of anilines is 1. The van der Waals surface area contributed by atoms with Crippen molar-refractivity contribution in [1.82, 2.24) is 10.3 Å². The first-order valence-electron chi connectivity index (χ1n) is 7.93. The Kier molecular flexibility index (Phi) is 3.90. The van der Waals surface area contributed by atoms with Crippen LogP contribution in [0.2, 0.25) is 5.02 Å². The molecule has 3 nitrogen and oxygen atoms in total. The summed E-state index contributed by atoms with van der Waals surface area (Å²) in [4.78, 5) is 7.25. The minimum atomic E-state index is 0.705. The minimum Gasteiger partial charge on any atom is -0.368 e. The Bertz CT molecular complexity index is 827. The summed E-state index contributed by atoms with van der Waals surface area (Å²) in [6, 6.07) is 18.5. The van der Waals surface area contributed by atoms with E-state index >= 15 is 0 Å². The van der Waals surface area contributed by atoms with E-state index in [9.17, 15) is 0 Å². The number of hydrogen-bond acceptors (Lipinski definition) is 3. The van der Waals surface area contributed by atoms with E-state index in [4.69, 9.17) is 16.6 Å². The van der Waals surface area contributed by atoms with Gasteiger partial charge in [0.1, 0.15) is 0 Å². The van der Waals surface area contributed by atoms with Gasteiger partial charge in [0, 0.05) is 42.8 Å². The zero-order valence-electron chi connectivity index (χ0n) is 12.8. The van der Waals surface area contributed by atoms with Crippen molar-refractivity contribution in [1.29, 1.82) is 0 Å². The molecule has 2 heterocycles. The number of hydrogen-bond donors (Lipinski definition) is 1. The van der Waals surface area contributed by atoms with E-state index in [1.807, 2.05) is 30.3 Å². The molecule has 23 heavy (non-hydrogen) atoms. The van der Waals surface area contributed by atoms with E-state index in [2.05, 4.69) is 34.5 Å². The van der Waals surface area contributed by atoms with Crippen LogP contribution in [0.5, 0.6) is 0 Å². The van der Waals surface area contributed by atoms with Gasteiger partial charge in [-0.1, -0.05) is 54.1 Å². The molecule has 1 aliphatic rings. The summed E-state index contributed by atoms with van der Waals surface area (Å²) >= 11 is 6.43. The van der Waals surface area contributed by atoms with E-state index in [1.165, 1.54) is 5.69 Å². The molecule has 0 radical (unpaired) electrons. The van der Waals surface area contributed by atoms with Crippen LogP contribution in [0.1, 0.15) is 0 Å². The third kappa shape index (κ3) is 2.78. The number of fused-ring (bicyclic) bond motifs is 1. The lowest BCUT2D eigenvalue weighted by atomic mass is 10.1. The standard InChI is InChI=1S/C19H18ClN3/c20-16-8-4-7-15-18(23-11-9-21-10-12-23)13-17(22-19(15)16)14-5-2-1-3-6-14/h1-8,13,21H,9-12H2. The van der Waals surface area contributed by atoms with Crippen molar-refractivity contribution < 1.29 is 0 Å². The van der Waals surface area contributed by atoms with Crippen molar-refractivity contribution in [3.05, 3.63) is 59.6 Å². The van der Waals surface area contributed by atoms with Gasteiger partial charge < -0.3 is 10.2 Å². The summed E-state index contributed by atoms with van der Waals surface area (Å²) in [5, 5.41) is 5.24. The van der Waals surface area contributed by atoms with Gasteiger partial charge in [-0.2, -0.15) is 0 Å². The zero-order chi connectivity index (χ0) is 15.6. The lowest BCUT2D eigenvalue weighted by molar-refractivity contribution is 0.590. The molecule has 2 aromatic carbocycles. The lowest BCUT2D eigenvalue weighted by Gasteiger charge is -2.30. The normalized spacial score (nSPS) is 15.1. The van der Waals surface area contributed by atoms with E-state index in [0.717, 1.165) is 48.3 Å². The van der Waals surface area contributed by atoms with Gasteiger partial charge in [-0.25, -0.2) is 4.98 Å². The number of para-hydroxylation sites is 1. The summed E-state index contributed by atoms with van der Waals surface area (Å²) in [7, 11) is 0. The van der Waals surface area contributed by atoms with E-state index in [1.54, 1.807) is 0 Å². The van der Waals surface area contributed by atoms with Crippen LogP contribution in [0.25, 0.3) is 22.2 Å². The van der Waals surface area contributed by atoms with Crippen LogP contribution in [0, 0.1) is 0 Å². The highest BCUT2D eigenvalue weighted by Gasteiger charge is 2.16. The van der Waals surface area contributed by atoms with Crippen LogP contribution in [0.4, 0.5) is 5.69 Å². The summed E-state index contributed by atoms with van der Waals surface area (Å²) in [5.74, 6) is 0. The van der Waals surface area contributed by atoms with Crippen molar-refractivity contribution in [2.45, 2.75) is 0 Å². The van der Waals surface area contributed by atoms with Gasteiger partial charge >= 0.3 is 0 Å². The topological polar surface area (TPSA) is 28.2 Å². The summed E-state index contributed by atoms with van der Waals surface area (Å²) in [5.41, 5.74) is 4.19. The number of benzene rings is 2. The fourth-order valence-electron chi connectivity index (χ4n) is 3.12. The van der Waals surface area contributed by atoms with Gasteiger partial charge in [0.15, 0.2) is 0 Å². The van der Waals surface area contributed by atoms with Gasteiger partial charge in [-0.3, -0.25) is 0 Å². The highest BCUT2D eigenvalue weighted by Crippen LogP contribution is 2.34. The second-order valence-corrected chi connectivity index (χ2v) is 6.17. The first kappa shape index (κ1) is 14.5. The maximum atomic E-state index is 6.43.